The standard InChI is InChI=1S/C23H29N5O.HI/c1-23(2)15-19(16-9-4-7-12-20(16)29-23)28-22(24-3)25-14-8-13-21-26-17-10-5-6-11-18(17)27-21;/h4-7,9-12,19H,8,13-15H2,1-3H3,(H,26,27)(H2,24,25,28);1H. The molecule has 0 amide bonds. The number of ether oxygens (including phenoxy) is 1. The van der Waals surface area contributed by atoms with Gasteiger partial charge in [0.1, 0.15) is 17.2 Å². The van der Waals surface area contributed by atoms with Crippen LogP contribution >= 0.6 is 24.0 Å². The van der Waals surface area contributed by atoms with E-state index in [0.29, 0.717) is 0 Å². The Balaban J connectivity index is 0.00000256. The van der Waals surface area contributed by atoms with E-state index in [0.717, 1.165) is 54.4 Å². The predicted octanol–water partition coefficient (Wildman–Crippen LogP) is 4.58. The minimum atomic E-state index is -0.216. The molecule has 0 aliphatic carbocycles. The summed E-state index contributed by atoms with van der Waals surface area (Å²) in [7, 11) is 1.81. The Bertz CT molecular complexity index is 981. The van der Waals surface area contributed by atoms with E-state index in [2.05, 4.69) is 57.6 Å². The monoisotopic (exact) mass is 519 g/mol. The van der Waals surface area contributed by atoms with Crippen LogP contribution in [0.5, 0.6) is 5.75 Å². The number of benzene rings is 2. The van der Waals surface area contributed by atoms with Gasteiger partial charge in [0.25, 0.3) is 0 Å². The molecule has 0 spiro atoms. The Kier molecular flexibility index (Phi) is 7.23. The number of fused-ring (bicyclic) bond motifs is 2. The van der Waals surface area contributed by atoms with Crippen molar-refractivity contribution in [3.05, 3.63) is 59.9 Å². The van der Waals surface area contributed by atoms with Gasteiger partial charge < -0.3 is 20.4 Å². The van der Waals surface area contributed by atoms with Crippen molar-refractivity contribution >= 4 is 41.0 Å². The number of imidazole rings is 1. The van der Waals surface area contributed by atoms with Crippen molar-refractivity contribution in [2.45, 2.75) is 44.8 Å². The number of H-pyrrole nitrogens is 1. The van der Waals surface area contributed by atoms with Gasteiger partial charge in [0.2, 0.25) is 0 Å². The van der Waals surface area contributed by atoms with Gasteiger partial charge in [-0.3, -0.25) is 4.99 Å². The number of aliphatic imine (C=N–C) groups is 1. The molecule has 0 saturated carbocycles. The first-order valence-electron chi connectivity index (χ1n) is 10.2. The Morgan fingerprint density at radius 3 is 2.77 bits per heavy atom. The van der Waals surface area contributed by atoms with E-state index in [1.54, 1.807) is 0 Å². The quantitative estimate of drug-likeness (QED) is 0.200. The normalized spacial score (nSPS) is 17.6. The van der Waals surface area contributed by atoms with Crippen molar-refractivity contribution in [3.8, 4) is 5.75 Å². The third-order valence-corrected chi connectivity index (χ3v) is 5.23. The van der Waals surface area contributed by atoms with Crippen LogP contribution < -0.4 is 15.4 Å². The average molecular weight is 519 g/mol. The first-order chi connectivity index (χ1) is 14.0. The second-order valence-electron chi connectivity index (χ2n) is 8.10. The van der Waals surface area contributed by atoms with Crippen LogP contribution in [0, 0.1) is 0 Å². The topological polar surface area (TPSA) is 74.3 Å². The summed E-state index contributed by atoms with van der Waals surface area (Å²) in [4.78, 5) is 12.4. The Labute approximate surface area is 194 Å². The average Bonchev–Trinajstić information content (AvgIpc) is 3.12. The molecule has 6 nitrogen and oxygen atoms in total. The van der Waals surface area contributed by atoms with Crippen LogP contribution in [0.1, 0.15) is 44.1 Å². The third-order valence-electron chi connectivity index (χ3n) is 5.23. The SMILES string of the molecule is CN=C(NCCCc1nc2ccccc2[nH]1)NC1CC(C)(C)Oc2ccccc21.I. The molecule has 3 N–H and O–H groups in total. The summed E-state index contributed by atoms with van der Waals surface area (Å²) in [6, 6.07) is 16.5. The molecule has 0 radical (unpaired) electrons. The van der Waals surface area contributed by atoms with Crippen LogP contribution in [-0.2, 0) is 6.42 Å². The highest BCUT2D eigenvalue weighted by Gasteiger charge is 2.33. The number of rotatable bonds is 5. The zero-order valence-electron chi connectivity index (χ0n) is 17.7. The molecular formula is C23H30IN5O. The lowest BCUT2D eigenvalue weighted by Gasteiger charge is -2.38. The van der Waals surface area contributed by atoms with Gasteiger partial charge >= 0.3 is 0 Å². The van der Waals surface area contributed by atoms with Crippen molar-refractivity contribution in [2.24, 2.45) is 4.99 Å². The molecule has 3 aromatic rings. The molecule has 1 aliphatic rings. The molecule has 0 bridgehead atoms. The minimum Gasteiger partial charge on any atom is -0.487 e. The Hall–Kier alpha value is -2.29. The molecule has 1 aromatic heterocycles. The maximum atomic E-state index is 6.13. The lowest BCUT2D eigenvalue weighted by Crippen LogP contribution is -2.45. The summed E-state index contributed by atoms with van der Waals surface area (Å²) in [5.74, 6) is 2.78. The van der Waals surface area contributed by atoms with Gasteiger partial charge in [-0.25, -0.2) is 4.98 Å². The Morgan fingerprint density at radius 2 is 1.97 bits per heavy atom. The highest BCUT2D eigenvalue weighted by atomic mass is 127. The Morgan fingerprint density at radius 1 is 1.20 bits per heavy atom. The fraction of sp³-hybridized carbons (Fsp3) is 0.391. The van der Waals surface area contributed by atoms with Crippen molar-refractivity contribution < 1.29 is 4.74 Å². The van der Waals surface area contributed by atoms with Crippen LogP contribution in [0.3, 0.4) is 0 Å². The van der Waals surface area contributed by atoms with Gasteiger partial charge in [-0.2, -0.15) is 0 Å². The van der Waals surface area contributed by atoms with Crippen LogP contribution in [0.2, 0.25) is 0 Å². The number of aromatic nitrogens is 2. The van der Waals surface area contributed by atoms with Crippen molar-refractivity contribution in [2.75, 3.05) is 13.6 Å². The molecule has 7 heteroatoms. The van der Waals surface area contributed by atoms with E-state index in [1.807, 2.05) is 37.4 Å². The van der Waals surface area contributed by atoms with Gasteiger partial charge in [0, 0.05) is 32.0 Å². The summed E-state index contributed by atoms with van der Waals surface area (Å²) in [6.07, 6.45) is 2.74. The maximum absolute atomic E-state index is 6.13. The van der Waals surface area contributed by atoms with E-state index in [-0.39, 0.29) is 35.6 Å². The summed E-state index contributed by atoms with van der Waals surface area (Å²) in [6.45, 7) is 5.08. The molecule has 4 rings (SSSR count). The zero-order valence-corrected chi connectivity index (χ0v) is 20.1. The molecule has 160 valence electrons. The lowest BCUT2D eigenvalue weighted by molar-refractivity contribution is 0.0694. The smallest absolute Gasteiger partial charge is 0.191 e. The number of aryl methyl sites for hydroxylation is 1. The van der Waals surface area contributed by atoms with Gasteiger partial charge in [0.15, 0.2) is 5.96 Å². The van der Waals surface area contributed by atoms with Gasteiger partial charge in [0.05, 0.1) is 17.1 Å². The summed E-state index contributed by atoms with van der Waals surface area (Å²) in [5.41, 5.74) is 3.08. The van der Waals surface area contributed by atoms with Gasteiger partial charge in [-0.15, -0.1) is 24.0 Å². The largest absolute Gasteiger partial charge is 0.487 e. The minimum absolute atomic E-state index is 0. The number of nitrogens with one attached hydrogen (secondary N) is 3. The predicted molar refractivity (Wildman–Crippen MR) is 133 cm³/mol. The molecule has 0 fully saturated rings. The van der Waals surface area contributed by atoms with Gasteiger partial charge in [-0.05, 0) is 38.5 Å². The van der Waals surface area contributed by atoms with Crippen molar-refractivity contribution in [1.29, 1.82) is 0 Å². The molecule has 1 unspecified atom stereocenters. The number of hydrogen-bond donors (Lipinski definition) is 3. The lowest BCUT2D eigenvalue weighted by atomic mass is 9.90. The summed E-state index contributed by atoms with van der Waals surface area (Å²) >= 11 is 0. The highest BCUT2D eigenvalue weighted by Crippen LogP contribution is 2.39. The number of halogens is 1. The molecular weight excluding hydrogens is 489 g/mol. The number of hydrogen-bond acceptors (Lipinski definition) is 3. The summed E-state index contributed by atoms with van der Waals surface area (Å²) < 4.78 is 6.13. The van der Waals surface area contributed by atoms with Gasteiger partial charge in [-0.1, -0.05) is 30.3 Å². The third kappa shape index (κ3) is 5.24. The molecule has 1 atom stereocenters. The first kappa shape index (κ1) is 22.4. The number of guanidine groups is 1. The molecule has 0 saturated heterocycles. The van der Waals surface area contributed by atoms with Crippen LogP contribution in [0.4, 0.5) is 0 Å². The van der Waals surface area contributed by atoms with Crippen LogP contribution in [-0.4, -0.2) is 35.1 Å². The molecule has 1 aliphatic heterocycles. The van der Waals surface area contributed by atoms with Crippen LogP contribution in [0.25, 0.3) is 11.0 Å². The second-order valence-corrected chi connectivity index (χ2v) is 8.10. The van der Waals surface area contributed by atoms with Crippen molar-refractivity contribution in [1.82, 2.24) is 20.6 Å². The maximum Gasteiger partial charge on any atom is 0.191 e. The fourth-order valence-corrected chi connectivity index (χ4v) is 3.88. The first-order valence-corrected chi connectivity index (χ1v) is 10.2. The van der Waals surface area contributed by atoms with E-state index < -0.39 is 0 Å². The molecule has 30 heavy (non-hydrogen) atoms. The second kappa shape index (κ2) is 9.68. The number of nitrogens with zero attached hydrogens (tertiary/aromatic N) is 2. The van der Waals surface area contributed by atoms with E-state index >= 15 is 0 Å². The number of para-hydroxylation sites is 3. The van der Waals surface area contributed by atoms with E-state index in [9.17, 15) is 0 Å². The van der Waals surface area contributed by atoms with E-state index in [1.165, 1.54) is 5.56 Å². The van der Waals surface area contributed by atoms with Crippen molar-refractivity contribution in [3.63, 3.8) is 0 Å². The molecule has 2 aromatic carbocycles. The molecule has 2 heterocycles. The number of aromatic amines is 1. The zero-order chi connectivity index (χ0) is 20.3. The highest BCUT2D eigenvalue weighted by molar-refractivity contribution is 14.0. The van der Waals surface area contributed by atoms with Crippen LogP contribution in [0.15, 0.2) is 53.5 Å². The summed E-state index contributed by atoms with van der Waals surface area (Å²) in [5, 5.41) is 7.01. The van der Waals surface area contributed by atoms with E-state index in [4.69, 9.17) is 4.74 Å². The fourth-order valence-electron chi connectivity index (χ4n) is 3.88.